The number of nitrogens with one attached hydrogen (secondary N) is 1. The number of hydrogen-bond acceptors (Lipinski definition) is 2. The van der Waals surface area contributed by atoms with Gasteiger partial charge < -0.3 is 10.2 Å². The Morgan fingerprint density at radius 1 is 1.29 bits per heavy atom. The molecule has 3 rings (SSSR count). The Morgan fingerprint density at radius 3 is 2.36 bits per heavy atom. The van der Waals surface area contributed by atoms with Gasteiger partial charge in [0.15, 0.2) is 0 Å². The van der Waals surface area contributed by atoms with E-state index in [1.807, 2.05) is 0 Å². The van der Waals surface area contributed by atoms with Gasteiger partial charge in [-0.2, -0.15) is 0 Å². The molecule has 3 heteroatoms. The Balaban J connectivity index is 1.62. The van der Waals surface area contributed by atoms with Crippen LogP contribution in [-0.4, -0.2) is 37.0 Å². The summed E-state index contributed by atoms with van der Waals surface area (Å²) < 4.78 is 0. The zero-order valence-corrected chi connectivity index (χ0v) is 8.70. The SMILES string of the molecule is C[C@H]1C[C@@H]1C(=O)N1CC2CNCC2C1. The molecule has 1 N–H and O–H groups in total. The van der Waals surface area contributed by atoms with Crippen molar-refractivity contribution in [1.29, 1.82) is 0 Å². The lowest BCUT2D eigenvalue weighted by Crippen LogP contribution is -2.33. The second-order valence-corrected chi connectivity index (χ2v) is 5.24. The maximum atomic E-state index is 12.0. The highest BCUT2D eigenvalue weighted by atomic mass is 16.2. The Kier molecular flexibility index (Phi) is 1.84. The van der Waals surface area contributed by atoms with Crippen LogP contribution in [0, 0.1) is 23.7 Å². The lowest BCUT2D eigenvalue weighted by molar-refractivity contribution is -0.132. The summed E-state index contributed by atoms with van der Waals surface area (Å²) in [7, 11) is 0. The van der Waals surface area contributed by atoms with Gasteiger partial charge in [-0.3, -0.25) is 4.79 Å². The van der Waals surface area contributed by atoms with E-state index >= 15 is 0 Å². The minimum atomic E-state index is 0.377. The van der Waals surface area contributed by atoms with Gasteiger partial charge in [-0.15, -0.1) is 0 Å². The standard InChI is InChI=1S/C11H18N2O/c1-7-2-10(7)11(14)13-5-8-3-12-4-9(8)6-13/h7-10,12H,2-6H2,1H3/t7-,8?,9?,10-/m0/s1. The zero-order chi connectivity index (χ0) is 9.71. The van der Waals surface area contributed by atoms with Crippen molar-refractivity contribution in [3.63, 3.8) is 0 Å². The van der Waals surface area contributed by atoms with Crippen molar-refractivity contribution in [2.45, 2.75) is 13.3 Å². The molecular weight excluding hydrogens is 176 g/mol. The molecule has 0 bridgehead atoms. The molecule has 1 aliphatic carbocycles. The van der Waals surface area contributed by atoms with E-state index in [0.29, 0.717) is 17.7 Å². The van der Waals surface area contributed by atoms with Crippen molar-refractivity contribution < 1.29 is 4.79 Å². The third-order valence-electron chi connectivity index (χ3n) is 4.13. The highest BCUT2D eigenvalue weighted by Crippen LogP contribution is 2.40. The molecule has 2 heterocycles. The number of amides is 1. The summed E-state index contributed by atoms with van der Waals surface area (Å²) in [6.45, 7) is 6.45. The van der Waals surface area contributed by atoms with Gasteiger partial charge in [0.05, 0.1) is 0 Å². The van der Waals surface area contributed by atoms with Gasteiger partial charge in [0.25, 0.3) is 0 Å². The van der Waals surface area contributed by atoms with Crippen LogP contribution in [0.2, 0.25) is 0 Å². The molecule has 3 aliphatic rings. The van der Waals surface area contributed by atoms with Crippen molar-refractivity contribution in [3.05, 3.63) is 0 Å². The van der Waals surface area contributed by atoms with Crippen LogP contribution in [0.4, 0.5) is 0 Å². The maximum Gasteiger partial charge on any atom is 0.225 e. The average Bonchev–Trinajstić information content (AvgIpc) is 2.62. The number of carbonyl (C=O) groups is 1. The topological polar surface area (TPSA) is 32.3 Å². The molecule has 3 fully saturated rings. The number of nitrogens with zero attached hydrogens (tertiary/aromatic N) is 1. The fourth-order valence-corrected chi connectivity index (χ4v) is 2.94. The number of fused-ring (bicyclic) bond motifs is 1. The van der Waals surface area contributed by atoms with Crippen molar-refractivity contribution in [1.82, 2.24) is 10.2 Å². The van der Waals surface area contributed by atoms with Crippen molar-refractivity contribution in [2.75, 3.05) is 26.2 Å². The first-order chi connectivity index (χ1) is 6.75. The van der Waals surface area contributed by atoms with Gasteiger partial charge >= 0.3 is 0 Å². The summed E-state index contributed by atoms with van der Waals surface area (Å²) in [6, 6.07) is 0. The summed E-state index contributed by atoms with van der Waals surface area (Å²) in [4.78, 5) is 14.1. The molecule has 0 spiro atoms. The molecule has 0 radical (unpaired) electrons. The normalized spacial score (nSPS) is 45.4. The van der Waals surface area contributed by atoms with E-state index in [1.165, 1.54) is 0 Å². The van der Waals surface area contributed by atoms with Gasteiger partial charge in [-0.05, 0) is 24.2 Å². The minimum Gasteiger partial charge on any atom is -0.342 e. The number of rotatable bonds is 1. The molecule has 2 saturated heterocycles. The monoisotopic (exact) mass is 194 g/mol. The van der Waals surface area contributed by atoms with Crippen LogP contribution in [0.15, 0.2) is 0 Å². The fraction of sp³-hybridized carbons (Fsp3) is 0.909. The van der Waals surface area contributed by atoms with E-state index in [1.54, 1.807) is 0 Å². The number of hydrogen-bond donors (Lipinski definition) is 1. The van der Waals surface area contributed by atoms with E-state index in [2.05, 4.69) is 17.1 Å². The Labute approximate surface area is 84.8 Å². The predicted octanol–water partition coefficient (Wildman–Crippen LogP) is 0.320. The largest absolute Gasteiger partial charge is 0.342 e. The molecule has 4 atom stereocenters. The van der Waals surface area contributed by atoms with Gasteiger partial charge in [0.1, 0.15) is 0 Å². The molecule has 1 saturated carbocycles. The second-order valence-electron chi connectivity index (χ2n) is 5.24. The van der Waals surface area contributed by atoms with Crippen LogP contribution in [0.1, 0.15) is 13.3 Å². The summed E-state index contributed by atoms with van der Waals surface area (Å²) in [5.41, 5.74) is 0. The van der Waals surface area contributed by atoms with E-state index in [0.717, 1.165) is 44.4 Å². The van der Waals surface area contributed by atoms with E-state index in [4.69, 9.17) is 0 Å². The van der Waals surface area contributed by atoms with Gasteiger partial charge in [-0.1, -0.05) is 6.92 Å². The van der Waals surface area contributed by atoms with Gasteiger partial charge in [-0.25, -0.2) is 0 Å². The van der Waals surface area contributed by atoms with Gasteiger partial charge in [0.2, 0.25) is 5.91 Å². The Hall–Kier alpha value is -0.570. The zero-order valence-electron chi connectivity index (χ0n) is 8.70. The van der Waals surface area contributed by atoms with Crippen LogP contribution >= 0.6 is 0 Å². The van der Waals surface area contributed by atoms with Crippen LogP contribution < -0.4 is 5.32 Å². The maximum absolute atomic E-state index is 12.0. The number of likely N-dealkylation sites (tertiary alicyclic amines) is 1. The summed E-state index contributed by atoms with van der Waals surface area (Å²) in [6.07, 6.45) is 1.13. The van der Waals surface area contributed by atoms with Crippen molar-refractivity contribution >= 4 is 5.91 Å². The quantitative estimate of drug-likeness (QED) is 0.652. The molecule has 0 aromatic rings. The van der Waals surface area contributed by atoms with Crippen LogP contribution in [0.5, 0.6) is 0 Å². The van der Waals surface area contributed by atoms with E-state index < -0.39 is 0 Å². The van der Waals surface area contributed by atoms with Crippen molar-refractivity contribution in [3.8, 4) is 0 Å². The molecule has 14 heavy (non-hydrogen) atoms. The first-order valence-corrected chi connectivity index (χ1v) is 5.75. The first kappa shape index (κ1) is 8.72. The lowest BCUT2D eigenvalue weighted by Gasteiger charge is -2.17. The summed E-state index contributed by atoms with van der Waals surface area (Å²) >= 11 is 0. The molecule has 2 aliphatic heterocycles. The van der Waals surface area contributed by atoms with Crippen LogP contribution in [-0.2, 0) is 4.79 Å². The number of carbonyl (C=O) groups excluding carboxylic acids is 1. The van der Waals surface area contributed by atoms with E-state index in [-0.39, 0.29) is 0 Å². The lowest BCUT2D eigenvalue weighted by atomic mass is 10.0. The van der Waals surface area contributed by atoms with Gasteiger partial charge in [0, 0.05) is 32.1 Å². The fourth-order valence-electron chi connectivity index (χ4n) is 2.94. The molecule has 78 valence electrons. The van der Waals surface area contributed by atoms with Crippen LogP contribution in [0.25, 0.3) is 0 Å². The summed E-state index contributed by atoms with van der Waals surface area (Å²) in [5.74, 6) is 2.95. The summed E-state index contributed by atoms with van der Waals surface area (Å²) in [5, 5.41) is 3.40. The highest BCUT2D eigenvalue weighted by Gasteiger charge is 2.45. The molecule has 0 aromatic heterocycles. The third-order valence-corrected chi connectivity index (χ3v) is 4.13. The Bertz CT molecular complexity index is 254. The molecule has 3 nitrogen and oxygen atoms in total. The smallest absolute Gasteiger partial charge is 0.225 e. The predicted molar refractivity (Wildman–Crippen MR) is 53.7 cm³/mol. The Morgan fingerprint density at radius 2 is 1.86 bits per heavy atom. The molecular formula is C11H18N2O. The second kappa shape index (κ2) is 2.96. The van der Waals surface area contributed by atoms with Crippen LogP contribution in [0.3, 0.4) is 0 Å². The molecule has 0 aromatic carbocycles. The molecule has 1 amide bonds. The van der Waals surface area contributed by atoms with Crippen molar-refractivity contribution in [2.24, 2.45) is 23.7 Å². The molecule has 2 unspecified atom stereocenters. The first-order valence-electron chi connectivity index (χ1n) is 5.75. The minimum absolute atomic E-state index is 0.377. The third kappa shape index (κ3) is 1.26. The average molecular weight is 194 g/mol. The van der Waals surface area contributed by atoms with E-state index in [9.17, 15) is 4.79 Å². The highest BCUT2D eigenvalue weighted by molar-refractivity contribution is 5.81.